The van der Waals surface area contributed by atoms with Crippen LogP contribution in [0.4, 0.5) is 0 Å². The fourth-order valence-corrected chi connectivity index (χ4v) is 0.938. The smallest absolute Gasteiger partial charge is 0.217 e. The molecule has 1 atom stereocenters. The summed E-state index contributed by atoms with van der Waals surface area (Å²) in [5, 5.41) is 2.87. The highest BCUT2D eigenvalue weighted by Crippen LogP contribution is 2.05. The Morgan fingerprint density at radius 3 is 2.45 bits per heavy atom. The number of hydrogen-bond donors (Lipinski definition) is 1. The van der Waals surface area contributed by atoms with Gasteiger partial charge >= 0.3 is 0 Å². The number of hydrogen-bond acceptors (Lipinski definition) is 1. The fraction of sp³-hybridized carbons (Fsp3) is 0.667. The summed E-state index contributed by atoms with van der Waals surface area (Å²) in [6.45, 7) is 9.35. The molecule has 0 saturated carbocycles. The van der Waals surface area contributed by atoms with E-state index in [4.69, 9.17) is 0 Å². The number of carbonyl (C=O) groups excluding carboxylic acids is 1. The van der Waals surface area contributed by atoms with Crippen molar-refractivity contribution < 1.29 is 4.79 Å². The SMILES string of the molecule is C=CCC(NC(C)=O)C(C)C. The molecule has 0 aromatic rings. The van der Waals surface area contributed by atoms with Crippen LogP contribution in [0.1, 0.15) is 27.2 Å². The Bertz CT molecular complexity index is 140. The van der Waals surface area contributed by atoms with Crippen molar-refractivity contribution in [3.05, 3.63) is 12.7 Å². The van der Waals surface area contributed by atoms with Gasteiger partial charge in [0.05, 0.1) is 0 Å². The molecule has 11 heavy (non-hydrogen) atoms. The molecule has 0 radical (unpaired) electrons. The average Bonchev–Trinajstić information content (AvgIpc) is 1.86. The lowest BCUT2D eigenvalue weighted by Gasteiger charge is -2.19. The van der Waals surface area contributed by atoms with Crippen molar-refractivity contribution in [3.63, 3.8) is 0 Å². The molecule has 0 fully saturated rings. The summed E-state index contributed by atoms with van der Waals surface area (Å²) in [6, 6.07) is 0.241. The largest absolute Gasteiger partial charge is 0.353 e. The van der Waals surface area contributed by atoms with Crippen molar-refractivity contribution in [3.8, 4) is 0 Å². The Kier molecular flexibility index (Phi) is 4.59. The summed E-state index contributed by atoms with van der Waals surface area (Å²) in [4.78, 5) is 10.7. The van der Waals surface area contributed by atoms with Gasteiger partial charge in [0.2, 0.25) is 5.91 Å². The third kappa shape index (κ3) is 4.59. The Morgan fingerprint density at radius 2 is 2.18 bits per heavy atom. The predicted molar refractivity (Wildman–Crippen MR) is 47.3 cm³/mol. The molecule has 0 heterocycles. The average molecular weight is 155 g/mol. The van der Waals surface area contributed by atoms with Gasteiger partial charge in [-0.25, -0.2) is 0 Å². The zero-order chi connectivity index (χ0) is 8.85. The predicted octanol–water partition coefficient (Wildman–Crippen LogP) is 1.72. The zero-order valence-electron chi connectivity index (χ0n) is 7.55. The molecule has 1 unspecified atom stereocenters. The first-order chi connectivity index (χ1) is 5.07. The van der Waals surface area contributed by atoms with E-state index >= 15 is 0 Å². The summed E-state index contributed by atoms with van der Waals surface area (Å²) in [5.41, 5.74) is 0. The van der Waals surface area contributed by atoms with E-state index in [-0.39, 0.29) is 11.9 Å². The van der Waals surface area contributed by atoms with Crippen LogP contribution in [0.2, 0.25) is 0 Å². The molecule has 2 nitrogen and oxygen atoms in total. The van der Waals surface area contributed by atoms with Crippen molar-refractivity contribution in [2.45, 2.75) is 33.2 Å². The van der Waals surface area contributed by atoms with Crippen LogP contribution >= 0.6 is 0 Å². The molecule has 0 aliphatic rings. The summed E-state index contributed by atoms with van der Waals surface area (Å²) >= 11 is 0. The highest BCUT2D eigenvalue weighted by atomic mass is 16.1. The lowest BCUT2D eigenvalue weighted by atomic mass is 10.0. The minimum atomic E-state index is 0.0329. The van der Waals surface area contributed by atoms with Crippen molar-refractivity contribution in [2.24, 2.45) is 5.92 Å². The second-order valence-electron chi connectivity index (χ2n) is 3.08. The van der Waals surface area contributed by atoms with Gasteiger partial charge in [0.1, 0.15) is 0 Å². The third-order valence-corrected chi connectivity index (χ3v) is 1.61. The lowest BCUT2D eigenvalue weighted by Crippen LogP contribution is -2.36. The minimum Gasteiger partial charge on any atom is -0.353 e. The van der Waals surface area contributed by atoms with Gasteiger partial charge < -0.3 is 5.32 Å². The summed E-state index contributed by atoms with van der Waals surface area (Å²) in [5.74, 6) is 0.502. The summed E-state index contributed by atoms with van der Waals surface area (Å²) < 4.78 is 0. The molecule has 2 heteroatoms. The van der Waals surface area contributed by atoms with Crippen LogP contribution < -0.4 is 5.32 Å². The second-order valence-corrected chi connectivity index (χ2v) is 3.08. The molecule has 64 valence electrons. The minimum absolute atomic E-state index is 0.0329. The molecule has 1 N–H and O–H groups in total. The van der Waals surface area contributed by atoms with Gasteiger partial charge in [-0.3, -0.25) is 4.79 Å². The van der Waals surface area contributed by atoms with E-state index in [0.29, 0.717) is 5.92 Å². The molecule has 0 aliphatic heterocycles. The maximum atomic E-state index is 10.7. The van der Waals surface area contributed by atoms with Crippen LogP contribution in [-0.2, 0) is 4.79 Å². The van der Waals surface area contributed by atoms with E-state index in [2.05, 4.69) is 25.7 Å². The van der Waals surface area contributed by atoms with Gasteiger partial charge in [-0.2, -0.15) is 0 Å². The van der Waals surface area contributed by atoms with Crippen LogP contribution in [0.5, 0.6) is 0 Å². The van der Waals surface area contributed by atoms with Crippen molar-refractivity contribution in [1.29, 1.82) is 0 Å². The molecule has 0 aromatic carbocycles. The van der Waals surface area contributed by atoms with E-state index in [1.165, 1.54) is 0 Å². The van der Waals surface area contributed by atoms with Gasteiger partial charge in [0.15, 0.2) is 0 Å². The molecule has 0 bridgehead atoms. The van der Waals surface area contributed by atoms with E-state index in [1.54, 1.807) is 6.92 Å². The first-order valence-corrected chi connectivity index (χ1v) is 3.96. The Morgan fingerprint density at radius 1 is 1.64 bits per heavy atom. The Labute approximate surface area is 68.7 Å². The van der Waals surface area contributed by atoms with E-state index in [0.717, 1.165) is 6.42 Å². The van der Waals surface area contributed by atoms with Crippen molar-refractivity contribution >= 4 is 5.91 Å². The standard InChI is InChI=1S/C9H17NO/c1-5-6-9(7(2)3)10-8(4)11/h5,7,9H,1,6H2,2-4H3,(H,10,11). The lowest BCUT2D eigenvalue weighted by molar-refractivity contribution is -0.119. The van der Waals surface area contributed by atoms with E-state index in [1.807, 2.05) is 6.08 Å². The maximum Gasteiger partial charge on any atom is 0.217 e. The van der Waals surface area contributed by atoms with E-state index in [9.17, 15) is 4.79 Å². The normalized spacial score (nSPS) is 12.7. The number of carbonyl (C=O) groups is 1. The number of nitrogens with one attached hydrogen (secondary N) is 1. The van der Waals surface area contributed by atoms with Gasteiger partial charge in [-0.15, -0.1) is 6.58 Å². The van der Waals surface area contributed by atoms with Crippen LogP contribution in [0.3, 0.4) is 0 Å². The molecular weight excluding hydrogens is 138 g/mol. The van der Waals surface area contributed by atoms with Crippen LogP contribution in [0.25, 0.3) is 0 Å². The van der Waals surface area contributed by atoms with Gasteiger partial charge in [0, 0.05) is 13.0 Å². The zero-order valence-corrected chi connectivity index (χ0v) is 7.55. The maximum absolute atomic E-state index is 10.7. The molecule has 0 aliphatic carbocycles. The molecule has 0 saturated heterocycles. The molecule has 1 amide bonds. The quantitative estimate of drug-likeness (QED) is 0.615. The Balaban J connectivity index is 3.88. The molecule has 0 aromatic heterocycles. The van der Waals surface area contributed by atoms with Gasteiger partial charge in [-0.1, -0.05) is 19.9 Å². The fourth-order valence-electron chi connectivity index (χ4n) is 0.938. The highest BCUT2D eigenvalue weighted by molar-refractivity contribution is 5.73. The van der Waals surface area contributed by atoms with Gasteiger partial charge in [-0.05, 0) is 12.3 Å². The van der Waals surface area contributed by atoms with Crippen LogP contribution in [-0.4, -0.2) is 11.9 Å². The molecule has 0 spiro atoms. The van der Waals surface area contributed by atoms with Crippen LogP contribution in [0, 0.1) is 5.92 Å². The first-order valence-electron chi connectivity index (χ1n) is 3.96. The molecular formula is C9H17NO. The Hall–Kier alpha value is -0.790. The monoisotopic (exact) mass is 155 g/mol. The van der Waals surface area contributed by atoms with Gasteiger partial charge in [0.25, 0.3) is 0 Å². The highest BCUT2D eigenvalue weighted by Gasteiger charge is 2.11. The summed E-state index contributed by atoms with van der Waals surface area (Å²) in [6.07, 6.45) is 2.68. The van der Waals surface area contributed by atoms with Crippen LogP contribution in [0.15, 0.2) is 12.7 Å². The molecule has 0 rings (SSSR count). The third-order valence-electron chi connectivity index (χ3n) is 1.61. The topological polar surface area (TPSA) is 29.1 Å². The number of amides is 1. The summed E-state index contributed by atoms with van der Waals surface area (Å²) in [7, 11) is 0. The van der Waals surface area contributed by atoms with Crippen molar-refractivity contribution in [2.75, 3.05) is 0 Å². The van der Waals surface area contributed by atoms with E-state index < -0.39 is 0 Å². The van der Waals surface area contributed by atoms with Crippen molar-refractivity contribution in [1.82, 2.24) is 5.32 Å². The first kappa shape index (κ1) is 10.2. The second kappa shape index (κ2) is 4.94. The number of rotatable bonds is 4.